The van der Waals surface area contributed by atoms with Crippen LogP contribution in [0.2, 0.25) is 5.02 Å². The van der Waals surface area contributed by atoms with Crippen molar-refractivity contribution < 1.29 is 22.4 Å². The molecular formula is C17H10ClF4N3O. The third-order valence-electron chi connectivity index (χ3n) is 3.12. The highest BCUT2D eigenvalue weighted by molar-refractivity contribution is 6.31. The molecule has 134 valence electrons. The van der Waals surface area contributed by atoms with Crippen LogP contribution >= 0.6 is 11.6 Å². The molecule has 0 bridgehead atoms. The van der Waals surface area contributed by atoms with E-state index in [1.165, 1.54) is 18.2 Å². The van der Waals surface area contributed by atoms with Crippen molar-refractivity contribution in [1.82, 2.24) is 0 Å². The highest BCUT2D eigenvalue weighted by Gasteiger charge is 2.33. The number of rotatable bonds is 4. The van der Waals surface area contributed by atoms with Crippen molar-refractivity contribution in [3.05, 3.63) is 70.6 Å². The number of benzene rings is 2. The van der Waals surface area contributed by atoms with E-state index in [0.717, 1.165) is 30.5 Å². The number of carbonyl (C=O) groups is 1. The van der Waals surface area contributed by atoms with Gasteiger partial charge in [0.15, 0.2) is 0 Å². The number of carbonyl (C=O) groups excluding carboxylic acids is 1. The Labute approximate surface area is 150 Å². The number of halogens is 5. The zero-order valence-electron chi connectivity index (χ0n) is 12.9. The molecule has 0 unspecified atom stereocenters. The molecule has 0 heterocycles. The van der Waals surface area contributed by atoms with Crippen molar-refractivity contribution in [2.24, 2.45) is 0 Å². The lowest BCUT2D eigenvalue weighted by Crippen LogP contribution is -2.14. The smallest absolute Gasteiger partial charge is 0.360 e. The van der Waals surface area contributed by atoms with Crippen molar-refractivity contribution in [2.75, 3.05) is 10.6 Å². The van der Waals surface area contributed by atoms with Crippen LogP contribution in [0.5, 0.6) is 0 Å². The Morgan fingerprint density at radius 2 is 1.73 bits per heavy atom. The first-order valence-electron chi connectivity index (χ1n) is 7.01. The minimum atomic E-state index is -4.64. The average molecular weight is 384 g/mol. The van der Waals surface area contributed by atoms with E-state index in [9.17, 15) is 22.4 Å². The Morgan fingerprint density at radius 1 is 1.12 bits per heavy atom. The number of hydrogen-bond donors (Lipinski definition) is 2. The minimum Gasteiger partial charge on any atom is -0.360 e. The molecule has 2 N–H and O–H groups in total. The zero-order valence-corrected chi connectivity index (χ0v) is 13.6. The number of alkyl halides is 3. The molecule has 0 aliphatic rings. The van der Waals surface area contributed by atoms with Crippen LogP contribution in [0, 0.1) is 17.1 Å². The summed E-state index contributed by atoms with van der Waals surface area (Å²) < 4.78 is 51.3. The standard InChI is InChI=1S/C17H10ClF4N3O/c18-15-6-5-13(7-14(15)17(20,21)22)24-9-10(8-23)16(26)25-12-3-1-11(19)2-4-12/h1-7,9,24H,(H,25,26)/b10-9-. The highest BCUT2D eigenvalue weighted by Crippen LogP contribution is 2.36. The number of nitrogens with one attached hydrogen (secondary N) is 2. The second-order valence-corrected chi connectivity index (χ2v) is 5.37. The van der Waals surface area contributed by atoms with Gasteiger partial charge in [-0.3, -0.25) is 4.79 Å². The SMILES string of the molecule is N#C/C(=C/Nc1ccc(Cl)c(C(F)(F)F)c1)C(=O)Nc1ccc(F)cc1. The summed E-state index contributed by atoms with van der Waals surface area (Å²) in [6.07, 6.45) is -3.68. The molecule has 2 rings (SSSR count). The van der Waals surface area contributed by atoms with Crippen LogP contribution in [0.1, 0.15) is 5.56 Å². The van der Waals surface area contributed by atoms with Gasteiger partial charge in [0.05, 0.1) is 10.6 Å². The first kappa shape index (κ1) is 19.3. The van der Waals surface area contributed by atoms with Gasteiger partial charge in [-0.1, -0.05) is 11.6 Å². The van der Waals surface area contributed by atoms with Crippen molar-refractivity contribution in [2.45, 2.75) is 6.18 Å². The summed E-state index contributed by atoms with van der Waals surface area (Å²) in [6.45, 7) is 0. The number of amides is 1. The molecule has 0 saturated carbocycles. The van der Waals surface area contributed by atoms with Gasteiger partial charge in [-0.2, -0.15) is 18.4 Å². The molecule has 2 aromatic rings. The molecular weight excluding hydrogens is 374 g/mol. The average Bonchev–Trinajstić information content (AvgIpc) is 2.58. The Hall–Kier alpha value is -3.05. The Kier molecular flexibility index (Phi) is 5.85. The van der Waals surface area contributed by atoms with Crippen LogP contribution in [-0.4, -0.2) is 5.91 Å². The predicted molar refractivity (Wildman–Crippen MR) is 88.8 cm³/mol. The molecule has 0 atom stereocenters. The topological polar surface area (TPSA) is 64.9 Å². The predicted octanol–water partition coefficient (Wildman–Crippen LogP) is 4.96. The molecule has 0 aromatic heterocycles. The summed E-state index contributed by atoms with van der Waals surface area (Å²) >= 11 is 5.52. The summed E-state index contributed by atoms with van der Waals surface area (Å²) in [5.41, 5.74) is -1.20. The Morgan fingerprint density at radius 3 is 2.31 bits per heavy atom. The van der Waals surface area contributed by atoms with Gasteiger partial charge in [0.2, 0.25) is 0 Å². The molecule has 0 radical (unpaired) electrons. The fourth-order valence-corrected chi connectivity index (χ4v) is 2.09. The maximum absolute atomic E-state index is 12.8. The maximum atomic E-state index is 12.8. The van der Waals surface area contributed by atoms with E-state index in [-0.39, 0.29) is 11.4 Å². The second kappa shape index (κ2) is 7.89. The van der Waals surface area contributed by atoms with Gasteiger partial charge in [0, 0.05) is 17.6 Å². The van der Waals surface area contributed by atoms with Gasteiger partial charge >= 0.3 is 6.18 Å². The Bertz CT molecular complexity index is 886. The monoisotopic (exact) mass is 383 g/mol. The third kappa shape index (κ3) is 4.97. The molecule has 0 saturated heterocycles. The summed E-state index contributed by atoms with van der Waals surface area (Å²) in [5, 5.41) is 13.4. The fraction of sp³-hybridized carbons (Fsp3) is 0.0588. The van der Waals surface area contributed by atoms with Crippen LogP contribution < -0.4 is 10.6 Å². The lowest BCUT2D eigenvalue weighted by molar-refractivity contribution is -0.137. The molecule has 9 heteroatoms. The van der Waals surface area contributed by atoms with Gasteiger partial charge in [-0.25, -0.2) is 4.39 Å². The summed E-state index contributed by atoms with van der Waals surface area (Å²) in [7, 11) is 0. The van der Waals surface area contributed by atoms with E-state index in [0.29, 0.717) is 0 Å². The summed E-state index contributed by atoms with van der Waals surface area (Å²) in [6, 6.07) is 9.53. The van der Waals surface area contributed by atoms with E-state index in [1.54, 1.807) is 6.07 Å². The van der Waals surface area contributed by atoms with E-state index in [4.69, 9.17) is 16.9 Å². The molecule has 4 nitrogen and oxygen atoms in total. The zero-order chi connectivity index (χ0) is 19.3. The second-order valence-electron chi connectivity index (χ2n) is 4.97. The van der Waals surface area contributed by atoms with Gasteiger partial charge in [-0.05, 0) is 42.5 Å². The van der Waals surface area contributed by atoms with E-state index in [1.807, 2.05) is 0 Å². The largest absolute Gasteiger partial charge is 0.417 e. The summed E-state index contributed by atoms with van der Waals surface area (Å²) in [4.78, 5) is 12.0. The normalized spacial score (nSPS) is 11.6. The molecule has 0 aliphatic heterocycles. The number of nitriles is 1. The lowest BCUT2D eigenvalue weighted by Gasteiger charge is -2.11. The van der Waals surface area contributed by atoms with Crippen LogP contribution in [0.4, 0.5) is 28.9 Å². The Balaban J connectivity index is 2.15. The molecule has 26 heavy (non-hydrogen) atoms. The molecule has 2 aromatic carbocycles. The first-order valence-corrected chi connectivity index (χ1v) is 7.39. The van der Waals surface area contributed by atoms with E-state index in [2.05, 4.69) is 10.6 Å². The van der Waals surface area contributed by atoms with Crippen molar-refractivity contribution in [3.8, 4) is 6.07 Å². The van der Waals surface area contributed by atoms with Gasteiger partial charge in [0.25, 0.3) is 5.91 Å². The van der Waals surface area contributed by atoms with Crippen molar-refractivity contribution in [1.29, 1.82) is 5.26 Å². The molecule has 1 amide bonds. The van der Waals surface area contributed by atoms with Gasteiger partial charge in [-0.15, -0.1) is 0 Å². The van der Waals surface area contributed by atoms with Crippen LogP contribution in [-0.2, 0) is 11.0 Å². The van der Waals surface area contributed by atoms with E-state index < -0.39 is 34.1 Å². The van der Waals surface area contributed by atoms with Gasteiger partial charge < -0.3 is 10.6 Å². The highest BCUT2D eigenvalue weighted by atomic mass is 35.5. The van der Waals surface area contributed by atoms with Crippen LogP contribution in [0.25, 0.3) is 0 Å². The quantitative estimate of drug-likeness (QED) is 0.446. The van der Waals surface area contributed by atoms with E-state index >= 15 is 0 Å². The number of hydrogen-bond acceptors (Lipinski definition) is 3. The maximum Gasteiger partial charge on any atom is 0.417 e. The van der Waals surface area contributed by atoms with Crippen molar-refractivity contribution in [3.63, 3.8) is 0 Å². The van der Waals surface area contributed by atoms with Crippen LogP contribution in [0.15, 0.2) is 54.2 Å². The lowest BCUT2D eigenvalue weighted by atomic mass is 10.2. The van der Waals surface area contributed by atoms with Gasteiger partial charge in [0.1, 0.15) is 17.5 Å². The third-order valence-corrected chi connectivity index (χ3v) is 3.45. The van der Waals surface area contributed by atoms with Crippen LogP contribution in [0.3, 0.4) is 0 Å². The number of anilines is 2. The fourth-order valence-electron chi connectivity index (χ4n) is 1.87. The minimum absolute atomic E-state index is 0.0101. The molecule has 0 spiro atoms. The summed E-state index contributed by atoms with van der Waals surface area (Å²) in [5.74, 6) is -1.31. The molecule has 0 aliphatic carbocycles. The van der Waals surface area contributed by atoms with Crippen molar-refractivity contribution >= 4 is 28.9 Å². The number of nitrogens with zero attached hydrogens (tertiary/aromatic N) is 1. The first-order chi connectivity index (χ1) is 12.2. The molecule has 0 fully saturated rings.